The fourth-order valence-electron chi connectivity index (χ4n) is 1.27. The van der Waals surface area contributed by atoms with Crippen LogP contribution in [0.25, 0.3) is 11.1 Å². The molecule has 14 heavy (non-hydrogen) atoms. The molecule has 0 aliphatic heterocycles. The van der Waals surface area contributed by atoms with Crippen LogP contribution in [-0.4, -0.2) is 12.3 Å². The van der Waals surface area contributed by atoms with E-state index in [1.807, 2.05) is 24.3 Å². The van der Waals surface area contributed by atoms with Gasteiger partial charge in [-0.3, -0.25) is 0 Å². The number of hydrogen-bond acceptors (Lipinski definition) is 3. The standard InChI is InChI=1S/C10H8ClNO2/c1-13-9-5-3-2-4-7(9)8-6-12-14-10(8)11/h2-6H,1H3. The molecule has 0 atom stereocenters. The smallest absolute Gasteiger partial charge is 0.233 e. The monoisotopic (exact) mass is 209 g/mol. The molecule has 0 bridgehead atoms. The maximum atomic E-state index is 5.82. The summed E-state index contributed by atoms with van der Waals surface area (Å²) in [6.07, 6.45) is 1.57. The third-order valence-corrected chi connectivity index (χ3v) is 2.20. The highest BCUT2D eigenvalue weighted by Crippen LogP contribution is 2.33. The van der Waals surface area contributed by atoms with E-state index < -0.39 is 0 Å². The molecule has 1 heterocycles. The highest BCUT2D eigenvalue weighted by molar-refractivity contribution is 6.31. The van der Waals surface area contributed by atoms with Gasteiger partial charge in [-0.15, -0.1) is 0 Å². The van der Waals surface area contributed by atoms with Crippen molar-refractivity contribution < 1.29 is 9.26 Å². The van der Waals surface area contributed by atoms with E-state index in [1.165, 1.54) is 0 Å². The minimum absolute atomic E-state index is 0.273. The summed E-state index contributed by atoms with van der Waals surface area (Å²) in [5.74, 6) is 0.748. The first-order chi connectivity index (χ1) is 6.83. The first-order valence-corrected chi connectivity index (χ1v) is 4.44. The van der Waals surface area contributed by atoms with Crippen LogP contribution in [-0.2, 0) is 0 Å². The fraction of sp³-hybridized carbons (Fsp3) is 0.100. The van der Waals surface area contributed by atoms with Crippen LogP contribution in [0.15, 0.2) is 35.0 Å². The Morgan fingerprint density at radius 2 is 2.07 bits per heavy atom. The van der Waals surface area contributed by atoms with E-state index in [4.69, 9.17) is 20.9 Å². The summed E-state index contributed by atoms with van der Waals surface area (Å²) >= 11 is 5.82. The second-order valence-corrected chi connectivity index (χ2v) is 3.06. The molecule has 0 N–H and O–H groups in total. The molecule has 0 amide bonds. The van der Waals surface area contributed by atoms with Gasteiger partial charge in [0.05, 0.1) is 18.9 Å². The summed E-state index contributed by atoms with van der Waals surface area (Å²) in [6.45, 7) is 0. The van der Waals surface area contributed by atoms with Gasteiger partial charge in [-0.05, 0) is 17.7 Å². The lowest BCUT2D eigenvalue weighted by atomic mass is 10.1. The zero-order valence-electron chi connectivity index (χ0n) is 7.53. The predicted octanol–water partition coefficient (Wildman–Crippen LogP) is 3.00. The number of methoxy groups -OCH3 is 1. The maximum Gasteiger partial charge on any atom is 0.233 e. The van der Waals surface area contributed by atoms with Crippen LogP contribution in [0.2, 0.25) is 5.22 Å². The molecule has 0 fully saturated rings. The molecule has 2 aromatic rings. The number of hydrogen-bond donors (Lipinski definition) is 0. The Hall–Kier alpha value is -1.48. The Kier molecular flexibility index (Phi) is 2.41. The molecule has 3 nitrogen and oxygen atoms in total. The normalized spacial score (nSPS) is 10.1. The van der Waals surface area contributed by atoms with Crippen molar-refractivity contribution in [2.24, 2.45) is 0 Å². The van der Waals surface area contributed by atoms with Crippen molar-refractivity contribution in [1.29, 1.82) is 0 Å². The summed E-state index contributed by atoms with van der Waals surface area (Å²) in [4.78, 5) is 0. The summed E-state index contributed by atoms with van der Waals surface area (Å²) in [6, 6.07) is 7.56. The van der Waals surface area contributed by atoms with E-state index in [-0.39, 0.29) is 5.22 Å². The lowest BCUT2D eigenvalue weighted by Crippen LogP contribution is -1.86. The zero-order valence-corrected chi connectivity index (χ0v) is 8.28. The molecule has 2 rings (SSSR count). The highest BCUT2D eigenvalue weighted by atomic mass is 35.5. The lowest BCUT2D eigenvalue weighted by Gasteiger charge is -2.04. The predicted molar refractivity (Wildman–Crippen MR) is 53.5 cm³/mol. The van der Waals surface area contributed by atoms with Crippen molar-refractivity contribution >= 4 is 11.6 Å². The van der Waals surface area contributed by atoms with E-state index in [0.717, 1.165) is 16.9 Å². The zero-order chi connectivity index (χ0) is 9.97. The van der Waals surface area contributed by atoms with Gasteiger partial charge in [0, 0.05) is 5.56 Å². The molecule has 4 heteroatoms. The van der Waals surface area contributed by atoms with Crippen molar-refractivity contribution in [3.05, 3.63) is 35.7 Å². The second kappa shape index (κ2) is 3.72. The average Bonchev–Trinajstić information content (AvgIpc) is 2.64. The quantitative estimate of drug-likeness (QED) is 0.763. The first-order valence-electron chi connectivity index (χ1n) is 4.06. The molecule has 1 aromatic carbocycles. The number of nitrogens with zero attached hydrogens (tertiary/aromatic N) is 1. The number of rotatable bonds is 2. The number of ether oxygens (including phenoxy) is 1. The largest absolute Gasteiger partial charge is 0.496 e. The first kappa shape index (κ1) is 9.09. The number of benzene rings is 1. The van der Waals surface area contributed by atoms with Crippen LogP contribution in [0.4, 0.5) is 0 Å². The molecule has 0 unspecified atom stereocenters. The van der Waals surface area contributed by atoms with Gasteiger partial charge in [-0.2, -0.15) is 0 Å². The third kappa shape index (κ3) is 1.46. The minimum atomic E-state index is 0.273. The number of halogens is 1. The second-order valence-electron chi connectivity index (χ2n) is 2.71. The van der Waals surface area contributed by atoms with Crippen molar-refractivity contribution in [2.75, 3.05) is 7.11 Å². The van der Waals surface area contributed by atoms with Gasteiger partial charge >= 0.3 is 0 Å². The van der Waals surface area contributed by atoms with Crippen molar-refractivity contribution in [3.63, 3.8) is 0 Å². The highest BCUT2D eigenvalue weighted by Gasteiger charge is 2.11. The van der Waals surface area contributed by atoms with E-state index in [1.54, 1.807) is 13.3 Å². The topological polar surface area (TPSA) is 35.3 Å². The van der Waals surface area contributed by atoms with Crippen LogP contribution >= 0.6 is 11.6 Å². The van der Waals surface area contributed by atoms with Crippen molar-refractivity contribution in [2.45, 2.75) is 0 Å². The molecule has 1 aromatic heterocycles. The molecule has 0 saturated carbocycles. The van der Waals surface area contributed by atoms with E-state index >= 15 is 0 Å². The van der Waals surface area contributed by atoms with Gasteiger partial charge in [0.25, 0.3) is 0 Å². The Labute approximate surface area is 86.2 Å². The molecule has 0 saturated heterocycles. The molecule has 0 spiro atoms. The fourth-order valence-corrected chi connectivity index (χ4v) is 1.46. The Balaban J connectivity index is 2.56. The third-order valence-electron chi connectivity index (χ3n) is 1.92. The van der Waals surface area contributed by atoms with E-state index in [0.29, 0.717) is 0 Å². The van der Waals surface area contributed by atoms with Gasteiger partial charge in [0.2, 0.25) is 5.22 Å². The Morgan fingerprint density at radius 3 is 2.71 bits per heavy atom. The van der Waals surface area contributed by atoms with Crippen molar-refractivity contribution in [3.8, 4) is 16.9 Å². The van der Waals surface area contributed by atoms with E-state index in [9.17, 15) is 0 Å². The average molecular weight is 210 g/mol. The maximum absolute atomic E-state index is 5.82. The summed E-state index contributed by atoms with van der Waals surface area (Å²) < 4.78 is 9.97. The van der Waals surface area contributed by atoms with Crippen LogP contribution in [0.5, 0.6) is 5.75 Å². The van der Waals surface area contributed by atoms with Gasteiger partial charge in [-0.25, -0.2) is 0 Å². The minimum Gasteiger partial charge on any atom is -0.496 e. The molecule has 72 valence electrons. The van der Waals surface area contributed by atoms with E-state index in [2.05, 4.69) is 5.16 Å². The molecular weight excluding hydrogens is 202 g/mol. The summed E-state index contributed by atoms with van der Waals surface area (Å²) in [7, 11) is 1.61. The van der Waals surface area contributed by atoms with Crippen LogP contribution in [0.3, 0.4) is 0 Å². The van der Waals surface area contributed by atoms with Crippen molar-refractivity contribution in [1.82, 2.24) is 5.16 Å². The van der Waals surface area contributed by atoms with Gasteiger partial charge in [0.1, 0.15) is 5.75 Å². The van der Waals surface area contributed by atoms with Crippen LogP contribution in [0, 0.1) is 0 Å². The molecular formula is C10H8ClNO2. The molecule has 0 radical (unpaired) electrons. The van der Waals surface area contributed by atoms with Crippen LogP contribution < -0.4 is 4.74 Å². The van der Waals surface area contributed by atoms with Crippen LogP contribution in [0.1, 0.15) is 0 Å². The van der Waals surface area contributed by atoms with Gasteiger partial charge < -0.3 is 9.26 Å². The Bertz CT molecular complexity index is 439. The van der Waals surface area contributed by atoms with Gasteiger partial charge in [0.15, 0.2) is 0 Å². The SMILES string of the molecule is COc1ccccc1-c1cnoc1Cl. The molecule has 0 aliphatic carbocycles. The number of para-hydroxylation sites is 1. The Morgan fingerprint density at radius 1 is 1.29 bits per heavy atom. The summed E-state index contributed by atoms with van der Waals surface area (Å²) in [5, 5.41) is 3.88. The summed E-state index contributed by atoms with van der Waals surface area (Å²) in [5.41, 5.74) is 1.62. The van der Waals surface area contributed by atoms with Gasteiger partial charge in [-0.1, -0.05) is 23.4 Å². The lowest BCUT2D eigenvalue weighted by molar-refractivity contribution is 0.415. The number of aromatic nitrogens is 1. The molecule has 0 aliphatic rings.